The third-order valence-corrected chi connectivity index (χ3v) is 5.11. The summed E-state index contributed by atoms with van der Waals surface area (Å²) in [4.78, 5) is 17.8. The number of ether oxygens (including phenoxy) is 1. The van der Waals surface area contributed by atoms with E-state index >= 15 is 0 Å². The maximum absolute atomic E-state index is 13.0. The van der Waals surface area contributed by atoms with Crippen molar-refractivity contribution in [2.75, 3.05) is 6.61 Å². The Morgan fingerprint density at radius 3 is 2.67 bits per heavy atom. The predicted octanol–water partition coefficient (Wildman–Crippen LogP) is 4.97. The zero-order valence-corrected chi connectivity index (χ0v) is 15.6. The lowest BCUT2D eigenvalue weighted by Gasteiger charge is -2.15. The van der Waals surface area contributed by atoms with Gasteiger partial charge in [0.05, 0.1) is 23.4 Å². The van der Waals surface area contributed by atoms with Crippen molar-refractivity contribution in [3.63, 3.8) is 0 Å². The first kappa shape index (κ1) is 17.5. The lowest BCUT2D eigenvalue weighted by atomic mass is 10.0. The molecule has 1 heterocycles. The van der Waals surface area contributed by atoms with Crippen LogP contribution in [0.25, 0.3) is 22.2 Å². The van der Waals surface area contributed by atoms with Gasteiger partial charge in [-0.2, -0.15) is 0 Å². The molecule has 1 aliphatic carbocycles. The zero-order valence-electron chi connectivity index (χ0n) is 15.6. The number of para-hydroxylation sites is 2. The summed E-state index contributed by atoms with van der Waals surface area (Å²) in [5, 5.41) is 4.09. The highest BCUT2D eigenvalue weighted by Crippen LogP contribution is 2.31. The molecule has 0 saturated heterocycles. The first-order valence-electron chi connectivity index (χ1n) is 9.69. The average molecular weight is 360 g/mol. The number of amides is 1. The van der Waals surface area contributed by atoms with Crippen LogP contribution in [0.2, 0.25) is 0 Å². The van der Waals surface area contributed by atoms with Gasteiger partial charge >= 0.3 is 0 Å². The molecule has 1 N–H and O–H groups in total. The van der Waals surface area contributed by atoms with Crippen molar-refractivity contribution in [1.82, 2.24) is 10.3 Å². The fourth-order valence-corrected chi connectivity index (χ4v) is 3.79. The number of carbonyl (C=O) groups excluding carboxylic acids is 1. The number of nitrogens with one attached hydrogen (secondary N) is 1. The van der Waals surface area contributed by atoms with Crippen molar-refractivity contribution >= 4 is 16.8 Å². The molecule has 0 spiro atoms. The first-order valence-corrected chi connectivity index (χ1v) is 9.69. The second kappa shape index (κ2) is 7.78. The Balaban J connectivity index is 1.80. The highest BCUT2D eigenvalue weighted by Gasteiger charge is 2.21. The maximum atomic E-state index is 13.0. The predicted molar refractivity (Wildman–Crippen MR) is 108 cm³/mol. The molecule has 1 amide bonds. The molecule has 3 aromatic rings. The Kier molecular flexibility index (Phi) is 5.05. The van der Waals surface area contributed by atoms with Crippen LogP contribution < -0.4 is 10.1 Å². The molecule has 2 aromatic carbocycles. The molecule has 1 aromatic heterocycles. The van der Waals surface area contributed by atoms with Gasteiger partial charge in [-0.3, -0.25) is 4.79 Å². The number of benzene rings is 2. The van der Waals surface area contributed by atoms with Crippen LogP contribution in [0.1, 0.15) is 43.0 Å². The molecule has 4 nitrogen and oxygen atoms in total. The van der Waals surface area contributed by atoms with Crippen molar-refractivity contribution in [3.8, 4) is 17.0 Å². The number of aromatic nitrogens is 1. The number of hydrogen-bond acceptors (Lipinski definition) is 3. The second-order valence-electron chi connectivity index (χ2n) is 6.96. The molecule has 0 aliphatic heterocycles. The summed E-state index contributed by atoms with van der Waals surface area (Å²) in [5.41, 5.74) is 3.15. The molecule has 4 rings (SSSR count). The summed E-state index contributed by atoms with van der Waals surface area (Å²) in [6, 6.07) is 17.8. The summed E-state index contributed by atoms with van der Waals surface area (Å²) in [5.74, 6) is 0.764. The lowest BCUT2D eigenvalue weighted by Crippen LogP contribution is -2.32. The minimum atomic E-state index is -0.0179. The smallest absolute Gasteiger partial charge is 0.252 e. The normalized spacial score (nSPS) is 14.4. The first-order chi connectivity index (χ1) is 13.3. The highest BCUT2D eigenvalue weighted by atomic mass is 16.5. The van der Waals surface area contributed by atoms with Gasteiger partial charge in [-0.15, -0.1) is 0 Å². The topological polar surface area (TPSA) is 51.2 Å². The second-order valence-corrected chi connectivity index (χ2v) is 6.96. The van der Waals surface area contributed by atoms with Crippen LogP contribution >= 0.6 is 0 Å². The monoisotopic (exact) mass is 360 g/mol. The molecule has 0 radical (unpaired) electrons. The Morgan fingerprint density at radius 2 is 1.85 bits per heavy atom. The summed E-state index contributed by atoms with van der Waals surface area (Å²) < 4.78 is 5.77. The standard InChI is InChI=1S/C23H24N2O2/c1-2-27-22-14-8-6-12-18(22)21-15-19(17-11-5-7-13-20(17)25-21)23(26)24-16-9-3-4-10-16/h5-8,11-16H,2-4,9-10H2,1H3,(H,24,26). The number of rotatable bonds is 5. The van der Waals surface area contributed by atoms with Crippen molar-refractivity contribution in [3.05, 3.63) is 60.2 Å². The van der Waals surface area contributed by atoms with E-state index in [-0.39, 0.29) is 11.9 Å². The van der Waals surface area contributed by atoms with E-state index in [2.05, 4.69) is 5.32 Å². The van der Waals surface area contributed by atoms with E-state index in [4.69, 9.17) is 9.72 Å². The van der Waals surface area contributed by atoms with Crippen molar-refractivity contribution < 1.29 is 9.53 Å². The Labute approximate surface area is 159 Å². The van der Waals surface area contributed by atoms with Gasteiger partial charge in [0.15, 0.2) is 0 Å². The van der Waals surface area contributed by atoms with E-state index in [0.717, 1.165) is 40.8 Å². The molecular weight excluding hydrogens is 336 g/mol. The molecule has 4 heteroatoms. The van der Waals surface area contributed by atoms with E-state index < -0.39 is 0 Å². The van der Waals surface area contributed by atoms with Crippen LogP contribution in [-0.2, 0) is 0 Å². The van der Waals surface area contributed by atoms with Gasteiger partial charge < -0.3 is 10.1 Å². The van der Waals surface area contributed by atoms with Crippen LogP contribution in [-0.4, -0.2) is 23.5 Å². The molecule has 0 bridgehead atoms. The van der Waals surface area contributed by atoms with E-state index in [1.54, 1.807) is 0 Å². The molecule has 138 valence electrons. The molecule has 1 saturated carbocycles. The average Bonchev–Trinajstić information content (AvgIpc) is 3.21. The molecule has 0 unspecified atom stereocenters. The maximum Gasteiger partial charge on any atom is 0.252 e. The summed E-state index contributed by atoms with van der Waals surface area (Å²) >= 11 is 0. The zero-order chi connectivity index (χ0) is 18.6. The quantitative estimate of drug-likeness (QED) is 0.699. The van der Waals surface area contributed by atoms with Crippen molar-refractivity contribution in [2.45, 2.75) is 38.6 Å². The van der Waals surface area contributed by atoms with E-state index in [0.29, 0.717) is 12.2 Å². The highest BCUT2D eigenvalue weighted by molar-refractivity contribution is 6.07. The number of hydrogen-bond donors (Lipinski definition) is 1. The number of nitrogens with zero attached hydrogens (tertiary/aromatic N) is 1. The van der Waals surface area contributed by atoms with Gasteiger partial charge in [0.1, 0.15) is 5.75 Å². The van der Waals surface area contributed by atoms with Crippen LogP contribution in [0, 0.1) is 0 Å². The Hall–Kier alpha value is -2.88. The fraction of sp³-hybridized carbons (Fsp3) is 0.304. The van der Waals surface area contributed by atoms with E-state index in [9.17, 15) is 4.79 Å². The van der Waals surface area contributed by atoms with Crippen molar-refractivity contribution in [1.29, 1.82) is 0 Å². The van der Waals surface area contributed by atoms with Gasteiger partial charge in [-0.25, -0.2) is 4.98 Å². The third-order valence-electron chi connectivity index (χ3n) is 5.11. The van der Waals surface area contributed by atoms with Gasteiger partial charge in [0.2, 0.25) is 0 Å². The largest absolute Gasteiger partial charge is 0.493 e. The fourth-order valence-electron chi connectivity index (χ4n) is 3.79. The number of fused-ring (bicyclic) bond motifs is 1. The summed E-state index contributed by atoms with van der Waals surface area (Å²) in [6.45, 7) is 2.55. The van der Waals surface area contributed by atoms with Crippen LogP contribution in [0.15, 0.2) is 54.6 Å². The van der Waals surface area contributed by atoms with Gasteiger partial charge in [0, 0.05) is 17.0 Å². The SMILES string of the molecule is CCOc1ccccc1-c1cc(C(=O)NC2CCCC2)c2ccccc2n1. The Morgan fingerprint density at radius 1 is 1.11 bits per heavy atom. The molecule has 27 heavy (non-hydrogen) atoms. The summed E-state index contributed by atoms with van der Waals surface area (Å²) in [7, 11) is 0. The molecule has 1 fully saturated rings. The number of pyridine rings is 1. The molecular formula is C23H24N2O2. The molecule has 0 atom stereocenters. The minimum Gasteiger partial charge on any atom is -0.493 e. The van der Waals surface area contributed by atoms with Crippen LogP contribution in [0.3, 0.4) is 0 Å². The Bertz CT molecular complexity index is 962. The van der Waals surface area contributed by atoms with E-state index in [1.807, 2.05) is 61.5 Å². The van der Waals surface area contributed by atoms with Crippen LogP contribution in [0.5, 0.6) is 5.75 Å². The lowest BCUT2D eigenvalue weighted by molar-refractivity contribution is 0.0939. The molecule has 1 aliphatic rings. The van der Waals surface area contributed by atoms with Crippen LogP contribution in [0.4, 0.5) is 0 Å². The van der Waals surface area contributed by atoms with E-state index in [1.165, 1.54) is 12.8 Å². The minimum absolute atomic E-state index is 0.0179. The summed E-state index contributed by atoms with van der Waals surface area (Å²) in [6.07, 6.45) is 4.51. The van der Waals surface area contributed by atoms with Gasteiger partial charge in [-0.1, -0.05) is 43.2 Å². The van der Waals surface area contributed by atoms with Crippen molar-refractivity contribution in [2.24, 2.45) is 0 Å². The third kappa shape index (κ3) is 3.65. The number of carbonyl (C=O) groups is 1. The van der Waals surface area contributed by atoms with Gasteiger partial charge in [0.25, 0.3) is 5.91 Å². The van der Waals surface area contributed by atoms with Gasteiger partial charge in [-0.05, 0) is 44.0 Å².